The van der Waals surface area contributed by atoms with Crippen LogP contribution in [0, 0.1) is 17.8 Å². The van der Waals surface area contributed by atoms with Crippen molar-refractivity contribution >= 4 is 13.1 Å². The highest BCUT2D eigenvalue weighted by molar-refractivity contribution is 6.40. The SMILES string of the molecule is CCC(C)CCC1CNC(C(=O)O)C1CCCB(O)O. The molecule has 0 aromatic carbocycles. The van der Waals surface area contributed by atoms with Crippen LogP contribution < -0.4 is 5.32 Å². The van der Waals surface area contributed by atoms with Crippen LogP contribution in [0.1, 0.15) is 46.0 Å². The second kappa shape index (κ2) is 8.65. The molecule has 1 heterocycles. The van der Waals surface area contributed by atoms with Crippen molar-refractivity contribution in [3.8, 4) is 0 Å². The molecule has 1 saturated heterocycles. The summed E-state index contributed by atoms with van der Waals surface area (Å²) in [5, 5.41) is 30.2. The molecule has 5 nitrogen and oxygen atoms in total. The maximum atomic E-state index is 11.3. The van der Waals surface area contributed by atoms with Crippen LogP contribution in [-0.2, 0) is 4.79 Å². The third-order valence-corrected chi connectivity index (χ3v) is 4.63. The first-order valence-electron chi connectivity index (χ1n) is 7.78. The minimum Gasteiger partial charge on any atom is -0.480 e. The third kappa shape index (κ3) is 5.42. The van der Waals surface area contributed by atoms with Crippen LogP contribution in [0.2, 0.25) is 6.32 Å². The van der Waals surface area contributed by atoms with Gasteiger partial charge in [0.1, 0.15) is 6.04 Å². The van der Waals surface area contributed by atoms with Crippen LogP contribution >= 0.6 is 0 Å². The summed E-state index contributed by atoms with van der Waals surface area (Å²) in [6.07, 6.45) is 5.07. The van der Waals surface area contributed by atoms with Crippen LogP contribution in [0.3, 0.4) is 0 Å². The Kier molecular flexibility index (Phi) is 7.55. The van der Waals surface area contributed by atoms with Gasteiger partial charge in [-0.2, -0.15) is 0 Å². The number of carbonyl (C=O) groups is 1. The molecule has 4 unspecified atom stereocenters. The van der Waals surface area contributed by atoms with E-state index in [1.54, 1.807) is 0 Å². The van der Waals surface area contributed by atoms with Crippen LogP contribution in [-0.4, -0.2) is 40.8 Å². The van der Waals surface area contributed by atoms with Gasteiger partial charge in [0, 0.05) is 0 Å². The quantitative estimate of drug-likeness (QED) is 0.480. The summed E-state index contributed by atoms with van der Waals surface area (Å²) in [4.78, 5) is 11.3. The molecule has 4 N–H and O–H groups in total. The maximum Gasteiger partial charge on any atom is 0.451 e. The average molecular weight is 285 g/mol. The van der Waals surface area contributed by atoms with Crippen molar-refractivity contribution in [2.24, 2.45) is 17.8 Å². The van der Waals surface area contributed by atoms with E-state index in [1.165, 1.54) is 0 Å². The summed E-state index contributed by atoms with van der Waals surface area (Å²) >= 11 is 0. The van der Waals surface area contributed by atoms with Crippen molar-refractivity contribution in [1.29, 1.82) is 0 Å². The van der Waals surface area contributed by atoms with Crippen molar-refractivity contribution in [3.05, 3.63) is 0 Å². The molecular weight excluding hydrogens is 257 g/mol. The Morgan fingerprint density at radius 1 is 1.40 bits per heavy atom. The lowest BCUT2D eigenvalue weighted by Crippen LogP contribution is -2.36. The molecule has 0 radical (unpaired) electrons. The zero-order valence-corrected chi connectivity index (χ0v) is 12.6. The molecule has 0 spiro atoms. The van der Waals surface area contributed by atoms with Crippen molar-refractivity contribution in [1.82, 2.24) is 5.32 Å². The fourth-order valence-corrected chi connectivity index (χ4v) is 3.08. The summed E-state index contributed by atoms with van der Waals surface area (Å²) in [5.41, 5.74) is 0. The van der Waals surface area contributed by atoms with Gasteiger partial charge in [0.05, 0.1) is 0 Å². The van der Waals surface area contributed by atoms with E-state index >= 15 is 0 Å². The average Bonchev–Trinajstić information content (AvgIpc) is 2.78. The predicted octanol–water partition coefficient (Wildman–Crippen LogP) is 1.35. The molecule has 1 aliphatic heterocycles. The van der Waals surface area contributed by atoms with E-state index in [0.717, 1.165) is 32.2 Å². The van der Waals surface area contributed by atoms with E-state index in [2.05, 4.69) is 19.2 Å². The van der Waals surface area contributed by atoms with E-state index in [9.17, 15) is 9.90 Å². The molecule has 20 heavy (non-hydrogen) atoms. The van der Waals surface area contributed by atoms with Gasteiger partial charge in [-0.15, -0.1) is 0 Å². The van der Waals surface area contributed by atoms with Gasteiger partial charge in [0.25, 0.3) is 0 Å². The summed E-state index contributed by atoms with van der Waals surface area (Å²) in [5.74, 6) is 0.389. The van der Waals surface area contributed by atoms with Gasteiger partial charge in [0.15, 0.2) is 0 Å². The van der Waals surface area contributed by atoms with E-state index < -0.39 is 19.1 Å². The molecule has 1 aliphatic rings. The molecule has 0 aromatic rings. The molecule has 0 aliphatic carbocycles. The monoisotopic (exact) mass is 285 g/mol. The molecule has 1 fully saturated rings. The maximum absolute atomic E-state index is 11.3. The number of hydrogen-bond acceptors (Lipinski definition) is 4. The summed E-state index contributed by atoms with van der Waals surface area (Å²) in [6, 6.07) is -0.479. The fourth-order valence-electron chi connectivity index (χ4n) is 3.08. The Labute approximate surface area is 121 Å². The molecular formula is C14H28BNO4. The second-order valence-electron chi connectivity index (χ2n) is 6.15. The normalized spacial score (nSPS) is 27.5. The van der Waals surface area contributed by atoms with Crippen molar-refractivity contribution in [3.63, 3.8) is 0 Å². The van der Waals surface area contributed by atoms with Gasteiger partial charge in [0.2, 0.25) is 0 Å². The second-order valence-corrected chi connectivity index (χ2v) is 6.15. The first kappa shape index (κ1) is 17.5. The summed E-state index contributed by atoms with van der Waals surface area (Å²) in [7, 11) is -1.29. The first-order chi connectivity index (χ1) is 9.45. The van der Waals surface area contributed by atoms with E-state index in [1.807, 2.05) is 0 Å². The Hall–Kier alpha value is -0.585. The lowest BCUT2D eigenvalue weighted by atomic mass is 9.77. The van der Waals surface area contributed by atoms with E-state index in [4.69, 9.17) is 10.0 Å². The van der Waals surface area contributed by atoms with Gasteiger partial charge in [-0.1, -0.05) is 33.1 Å². The fraction of sp³-hybridized carbons (Fsp3) is 0.929. The highest BCUT2D eigenvalue weighted by Gasteiger charge is 2.39. The Bertz CT molecular complexity index is 301. The molecule has 4 atom stereocenters. The van der Waals surface area contributed by atoms with E-state index in [-0.39, 0.29) is 5.92 Å². The molecule has 0 saturated carbocycles. The van der Waals surface area contributed by atoms with Crippen LogP contribution in [0.25, 0.3) is 0 Å². The van der Waals surface area contributed by atoms with Crippen LogP contribution in [0.4, 0.5) is 0 Å². The predicted molar refractivity (Wildman–Crippen MR) is 79.3 cm³/mol. The number of aliphatic carboxylic acids is 1. The number of carboxylic acids is 1. The minimum absolute atomic E-state index is 0.107. The molecule has 1 rings (SSSR count). The molecule has 116 valence electrons. The molecule has 6 heteroatoms. The van der Waals surface area contributed by atoms with Gasteiger partial charge in [-0.25, -0.2) is 0 Å². The number of rotatable bonds is 9. The Balaban J connectivity index is 2.51. The standard InChI is InChI=1S/C14H28BNO4/c1-3-10(2)6-7-11-9-16-13(14(17)18)12(11)5-4-8-15(19)20/h10-13,16,19-20H,3-9H2,1-2H3,(H,17,18). The lowest BCUT2D eigenvalue weighted by Gasteiger charge is -2.22. The van der Waals surface area contributed by atoms with Gasteiger partial charge in [-0.05, 0) is 43.5 Å². The third-order valence-electron chi connectivity index (χ3n) is 4.63. The summed E-state index contributed by atoms with van der Waals surface area (Å²) in [6.45, 7) is 5.17. The topological polar surface area (TPSA) is 89.8 Å². The largest absolute Gasteiger partial charge is 0.480 e. The van der Waals surface area contributed by atoms with Crippen LogP contribution in [0.15, 0.2) is 0 Å². The minimum atomic E-state index is -1.29. The number of hydrogen-bond donors (Lipinski definition) is 4. The Morgan fingerprint density at radius 3 is 2.65 bits per heavy atom. The van der Waals surface area contributed by atoms with Crippen LogP contribution in [0.5, 0.6) is 0 Å². The Morgan fingerprint density at radius 2 is 2.10 bits per heavy atom. The van der Waals surface area contributed by atoms with Crippen molar-refractivity contribution < 1.29 is 19.9 Å². The summed E-state index contributed by atoms with van der Waals surface area (Å²) < 4.78 is 0. The van der Waals surface area contributed by atoms with Gasteiger partial charge in [-0.3, -0.25) is 4.79 Å². The van der Waals surface area contributed by atoms with Crippen molar-refractivity contribution in [2.45, 2.75) is 58.3 Å². The first-order valence-corrected chi connectivity index (χ1v) is 7.78. The van der Waals surface area contributed by atoms with Gasteiger partial charge >= 0.3 is 13.1 Å². The molecule has 0 aromatic heterocycles. The smallest absolute Gasteiger partial charge is 0.451 e. The number of carboxylic acid groups (broad SMARTS) is 1. The zero-order valence-electron chi connectivity index (χ0n) is 12.6. The molecule has 0 amide bonds. The van der Waals surface area contributed by atoms with Gasteiger partial charge < -0.3 is 20.5 Å². The highest BCUT2D eigenvalue weighted by Crippen LogP contribution is 2.32. The highest BCUT2D eigenvalue weighted by atomic mass is 16.4. The zero-order chi connectivity index (χ0) is 15.1. The van der Waals surface area contributed by atoms with E-state index in [0.29, 0.717) is 24.6 Å². The number of nitrogens with one attached hydrogen (secondary N) is 1. The van der Waals surface area contributed by atoms with Crippen molar-refractivity contribution in [2.75, 3.05) is 6.54 Å². The molecule has 0 bridgehead atoms. The lowest BCUT2D eigenvalue weighted by molar-refractivity contribution is -0.140.